The van der Waals surface area contributed by atoms with Gasteiger partial charge in [-0.25, -0.2) is 0 Å². The van der Waals surface area contributed by atoms with Gasteiger partial charge in [0.25, 0.3) is 0 Å². The molecule has 0 spiro atoms. The van der Waals surface area contributed by atoms with Crippen molar-refractivity contribution in [3.05, 3.63) is 34.4 Å². The van der Waals surface area contributed by atoms with Gasteiger partial charge in [0.05, 0.1) is 6.10 Å². The van der Waals surface area contributed by atoms with Gasteiger partial charge in [-0.1, -0.05) is 17.7 Å². The molecule has 0 aliphatic rings. The van der Waals surface area contributed by atoms with Crippen LogP contribution in [-0.4, -0.2) is 11.7 Å². The van der Waals surface area contributed by atoms with Gasteiger partial charge >= 0.3 is 0 Å². The summed E-state index contributed by atoms with van der Waals surface area (Å²) in [5.74, 6) is 0. The molecule has 0 saturated carbocycles. The Bertz CT molecular complexity index is 297. The summed E-state index contributed by atoms with van der Waals surface area (Å²) < 4.78 is 0. The first-order valence-corrected chi connectivity index (χ1v) is 5.02. The summed E-state index contributed by atoms with van der Waals surface area (Å²) in [4.78, 5) is 0. The zero-order valence-corrected chi connectivity index (χ0v) is 9.17. The van der Waals surface area contributed by atoms with E-state index in [-0.39, 0.29) is 0 Å². The quantitative estimate of drug-likeness (QED) is 0.771. The van der Waals surface area contributed by atoms with Crippen LogP contribution >= 0.6 is 0 Å². The van der Waals surface area contributed by atoms with Crippen LogP contribution in [0, 0.1) is 20.8 Å². The first kappa shape index (κ1) is 11.2. The van der Waals surface area contributed by atoms with Crippen molar-refractivity contribution >= 4 is 0 Å². The first-order valence-electron chi connectivity index (χ1n) is 5.02. The largest absolute Gasteiger partial charge is 0.388 e. The van der Waals surface area contributed by atoms with E-state index in [1.54, 1.807) is 0 Å². The fourth-order valence-electron chi connectivity index (χ4n) is 2.02. The van der Waals surface area contributed by atoms with Crippen molar-refractivity contribution in [2.45, 2.75) is 33.3 Å². The Morgan fingerprint density at radius 1 is 1.21 bits per heavy atom. The minimum atomic E-state index is -0.416. The number of nitrogens with two attached hydrogens (primary N) is 1. The summed E-state index contributed by atoms with van der Waals surface area (Å²) in [5.41, 5.74) is 10.0. The van der Waals surface area contributed by atoms with Crippen LogP contribution in [-0.2, 0) is 0 Å². The van der Waals surface area contributed by atoms with Gasteiger partial charge in [0.15, 0.2) is 0 Å². The van der Waals surface area contributed by atoms with Crippen LogP contribution in [0.15, 0.2) is 12.1 Å². The van der Waals surface area contributed by atoms with Crippen molar-refractivity contribution in [2.24, 2.45) is 5.73 Å². The predicted octanol–water partition coefficient (Wildman–Crippen LogP) is 1.99. The van der Waals surface area contributed by atoms with Gasteiger partial charge in [-0.15, -0.1) is 0 Å². The van der Waals surface area contributed by atoms with E-state index in [4.69, 9.17) is 5.73 Å². The third-order valence-electron chi connectivity index (χ3n) is 2.51. The lowest BCUT2D eigenvalue weighted by Crippen LogP contribution is -2.09. The molecule has 3 N–H and O–H groups in total. The fourth-order valence-corrected chi connectivity index (χ4v) is 2.02. The van der Waals surface area contributed by atoms with Gasteiger partial charge in [-0.2, -0.15) is 0 Å². The van der Waals surface area contributed by atoms with Crippen molar-refractivity contribution in [1.29, 1.82) is 0 Å². The van der Waals surface area contributed by atoms with Crippen molar-refractivity contribution in [3.63, 3.8) is 0 Å². The van der Waals surface area contributed by atoms with E-state index in [1.165, 1.54) is 5.56 Å². The SMILES string of the molecule is Cc1cc(C)c(C(O)CCN)c(C)c1. The van der Waals surface area contributed by atoms with Crippen molar-refractivity contribution in [2.75, 3.05) is 6.54 Å². The summed E-state index contributed by atoms with van der Waals surface area (Å²) in [6, 6.07) is 4.20. The van der Waals surface area contributed by atoms with Crippen LogP contribution in [0.25, 0.3) is 0 Å². The number of benzene rings is 1. The van der Waals surface area contributed by atoms with E-state index >= 15 is 0 Å². The van der Waals surface area contributed by atoms with E-state index < -0.39 is 6.10 Å². The maximum Gasteiger partial charge on any atom is 0.0807 e. The van der Waals surface area contributed by atoms with Crippen LogP contribution in [0.5, 0.6) is 0 Å². The van der Waals surface area contributed by atoms with Crippen molar-refractivity contribution in [3.8, 4) is 0 Å². The number of rotatable bonds is 3. The maximum atomic E-state index is 9.89. The lowest BCUT2D eigenvalue weighted by atomic mass is 9.94. The van der Waals surface area contributed by atoms with Crippen LogP contribution in [0.2, 0.25) is 0 Å². The molecule has 1 aromatic carbocycles. The van der Waals surface area contributed by atoms with Crippen LogP contribution in [0.4, 0.5) is 0 Å². The van der Waals surface area contributed by atoms with Crippen molar-refractivity contribution in [1.82, 2.24) is 0 Å². The van der Waals surface area contributed by atoms with E-state index in [2.05, 4.69) is 19.1 Å². The van der Waals surface area contributed by atoms with Gasteiger partial charge in [0.2, 0.25) is 0 Å². The zero-order chi connectivity index (χ0) is 10.7. The minimum Gasteiger partial charge on any atom is -0.388 e. The van der Waals surface area contributed by atoms with Gasteiger partial charge in [-0.05, 0) is 50.4 Å². The topological polar surface area (TPSA) is 46.2 Å². The molecule has 2 heteroatoms. The molecule has 0 fully saturated rings. The molecule has 0 radical (unpaired) electrons. The molecule has 78 valence electrons. The highest BCUT2D eigenvalue weighted by Gasteiger charge is 2.12. The highest BCUT2D eigenvalue weighted by Crippen LogP contribution is 2.25. The minimum absolute atomic E-state index is 0.416. The average molecular weight is 193 g/mol. The Labute approximate surface area is 85.8 Å². The third-order valence-corrected chi connectivity index (χ3v) is 2.51. The zero-order valence-electron chi connectivity index (χ0n) is 9.17. The van der Waals surface area contributed by atoms with Crippen molar-refractivity contribution < 1.29 is 5.11 Å². The Hall–Kier alpha value is -0.860. The summed E-state index contributed by atoms with van der Waals surface area (Å²) in [6.45, 7) is 6.66. The molecule has 14 heavy (non-hydrogen) atoms. The Balaban J connectivity index is 3.07. The second kappa shape index (κ2) is 4.58. The normalized spacial score (nSPS) is 12.9. The average Bonchev–Trinajstić information content (AvgIpc) is 2.01. The molecule has 0 heterocycles. The monoisotopic (exact) mass is 193 g/mol. The number of aliphatic hydroxyl groups excluding tert-OH is 1. The highest BCUT2D eigenvalue weighted by molar-refractivity contribution is 5.38. The lowest BCUT2D eigenvalue weighted by Gasteiger charge is -2.16. The number of aryl methyl sites for hydroxylation is 3. The standard InChI is InChI=1S/C12H19NO/c1-8-6-9(2)12(10(3)7-8)11(14)4-5-13/h6-7,11,14H,4-5,13H2,1-3H3. The Kier molecular flexibility index (Phi) is 3.67. The van der Waals surface area contributed by atoms with E-state index in [9.17, 15) is 5.11 Å². The first-order chi connectivity index (χ1) is 6.56. The molecule has 0 aliphatic heterocycles. The second-order valence-corrected chi connectivity index (χ2v) is 3.91. The number of aliphatic hydroxyl groups is 1. The van der Waals surface area contributed by atoms with Crippen LogP contribution < -0.4 is 5.73 Å². The molecule has 0 amide bonds. The molecule has 1 atom stereocenters. The molecular weight excluding hydrogens is 174 g/mol. The molecule has 2 nitrogen and oxygen atoms in total. The molecule has 0 bridgehead atoms. The maximum absolute atomic E-state index is 9.89. The highest BCUT2D eigenvalue weighted by atomic mass is 16.3. The Morgan fingerprint density at radius 2 is 1.71 bits per heavy atom. The summed E-state index contributed by atoms with van der Waals surface area (Å²) in [5, 5.41) is 9.89. The lowest BCUT2D eigenvalue weighted by molar-refractivity contribution is 0.169. The van der Waals surface area contributed by atoms with E-state index in [0.29, 0.717) is 13.0 Å². The molecule has 0 aromatic heterocycles. The van der Waals surface area contributed by atoms with Gasteiger partial charge in [-0.3, -0.25) is 0 Å². The molecular formula is C12H19NO. The van der Waals surface area contributed by atoms with Crippen LogP contribution in [0.1, 0.15) is 34.8 Å². The summed E-state index contributed by atoms with van der Waals surface area (Å²) >= 11 is 0. The van der Waals surface area contributed by atoms with Gasteiger partial charge in [0, 0.05) is 0 Å². The molecule has 1 aromatic rings. The summed E-state index contributed by atoms with van der Waals surface area (Å²) in [7, 11) is 0. The second-order valence-electron chi connectivity index (χ2n) is 3.91. The number of hydrogen-bond donors (Lipinski definition) is 2. The fraction of sp³-hybridized carbons (Fsp3) is 0.500. The van der Waals surface area contributed by atoms with Crippen LogP contribution in [0.3, 0.4) is 0 Å². The van der Waals surface area contributed by atoms with E-state index in [0.717, 1.165) is 16.7 Å². The molecule has 1 unspecified atom stereocenters. The molecule has 1 rings (SSSR count). The number of hydrogen-bond acceptors (Lipinski definition) is 2. The molecule has 0 saturated heterocycles. The third kappa shape index (κ3) is 2.34. The predicted molar refractivity (Wildman–Crippen MR) is 59.3 cm³/mol. The molecule has 0 aliphatic carbocycles. The van der Waals surface area contributed by atoms with E-state index in [1.807, 2.05) is 13.8 Å². The van der Waals surface area contributed by atoms with Gasteiger partial charge < -0.3 is 10.8 Å². The van der Waals surface area contributed by atoms with Gasteiger partial charge in [0.1, 0.15) is 0 Å². The smallest absolute Gasteiger partial charge is 0.0807 e. The summed E-state index contributed by atoms with van der Waals surface area (Å²) in [6.07, 6.45) is 0.214. The Morgan fingerprint density at radius 3 is 2.14 bits per heavy atom.